The molecule has 0 aliphatic carbocycles. The molecule has 0 saturated heterocycles. The standard InChI is InChI=1S/C21H20F3N3O3/c1-12-7-15(30-2)3-4-18(12)25-21-26-20(29)14(5-6-28)11-27(21)10-13-8-16(22)19(24)17(23)9-13/h3-4,7-9,11,28H,5-6,10H2,1-2H3,(H,25,26,29). The first-order valence-electron chi connectivity index (χ1n) is 9.08. The lowest BCUT2D eigenvalue weighted by Crippen LogP contribution is -2.22. The molecule has 0 radical (unpaired) electrons. The lowest BCUT2D eigenvalue weighted by molar-refractivity contribution is 0.298. The number of hydrogen-bond acceptors (Lipinski definition) is 5. The maximum absolute atomic E-state index is 13.6. The van der Waals surface area contributed by atoms with Crippen LogP contribution in [-0.2, 0) is 13.0 Å². The number of aryl methyl sites for hydroxylation is 1. The summed E-state index contributed by atoms with van der Waals surface area (Å²) in [5.74, 6) is -3.39. The summed E-state index contributed by atoms with van der Waals surface area (Å²) in [6.45, 7) is 1.48. The Morgan fingerprint density at radius 3 is 2.47 bits per heavy atom. The topological polar surface area (TPSA) is 76.4 Å². The Morgan fingerprint density at radius 2 is 1.87 bits per heavy atom. The predicted octanol–water partition coefficient (Wildman–Crippen LogP) is 3.30. The molecular weight excluding hydrogens is 399 g/mol. The van der Waals surface area contributed by atoms with E-state index in [1.165, 1.54) is 10.8 Å². The number of rotatable bonds is 7. The molecule has 0 spiro atoms. The SMILES string of the molecule is COc1ccc(Nc2nc(=O)c(CCO)cn2Cc2cc(F)c(F)c(F)c2)c(C)c1. The Hall–Kier alpha value is -3.33. The van der Waals surface area contributed by atoms with E-state index in [9.17, 15) is 23.1 Å². The van der Waals surface area contributed by atoms with Crippen LogP contribution in [0.5, 0.6) is 5.75 Å². The van der Waals surface area contributed by atoms with Crippen molar-refractivity contribution in [2.24, 2.45) is 0 Å². The van der Waals surface area contributed by atoms with Crippen molar-refractivity contribution in [3.05, 3.63) is 81.0 Å². The number of nitrogens with zero attached hydrogens (tertiary/aromatic N) is 2. The maximum atomic E-state index is 13.6. The minimum atomic E-state index is -1.55. The second kappa shape index (κ2) is 9.00. The minimum Gasteiger partial charge on any atom is -0.497 e. The first-order chi connectivity index (χ1) is 14.3. The van der Waals surface area contributed by atoms with Crippen molar-refractivity contribution in [2.75, 3.05) is 19.0 Å². The number of anilines is 2. The van der Waals surface area contributed by atoms with Gasteiger partial charge in [-0.1, -0.05) is 0 Å². The van der Waals surface area contributed by atoms with Crippen LogP contribution < -0.4 is 15.6 Å². The fourth-order valence-electron chi connectivity index (χ4n) is 2.97. The normalized spacial score (nSPS) is 10.9. The van der Waals surface area contributed by atoms with E-state index < -0.39 is 23.0 Å². The van der Waals surface area contributed by atoms with Gasteiger partial charge in [-0.05, 0) is 48.4 Å². The zero-order chi connectivity index (χ0) is 21.8. The van der Waals surface area contributed by atoms with Crippen molar-refractivity contribution >= 4 is 11.6 Å². The molecule has 1 heterocycles. The summed E-state index contributed by atoms with van der Waals surface area (Å²) in [6.07, 6.45) is 1.52. The smallest absolute Gasteiger partial charge is 0.277 e. The van der Waals surface area contributed by atoms with E-state index in [-0.39, 0.29) is 36.6 Å². The van der Waals surface area contributed by atoms with Crippen LogP contribution in [0.15, 0.2) is 41.3 Å². The number of halogens is 3. The molecule has 1 aromatic heterocycles. The van der Waals surface area contributed by atoms with Crippen LogP contribution in [0.2, 0.25) is 0 Å². The van der Waals surface area contributed by atoms with Gasteiger partial charge in [0.15, 0.2) is 17.5 Å². The van der Waals surface area contributed by atoms with Crippen molar-refractivity contribution in [3.8, 4) is 5.75 Å². The molecule has 0 aliphatic rings. The number of benzene rings is 2. The van der Waals surface area contributed by atoms with Crippen molar-refractivity contribution in [2.45, 2.75) is 19.9 Å². The van der Waals surface area contributed by atoms with Crippen LogP contribution in [-0.4, -0.2) is 28.4 Å². The number of nitrogens with one attached hydrogen (secondary N) is 1. The van der Waals surface area contributed by atoms with Gasteiger partial charge in [-0.2, -0.15) is 4.98 Å². The van der Waals surface area contributed by atoms with Gasteiger partial charge in [-0.15, -0.1) is 0 Å². The van der Waals surface area contributed by atoms with E-state index in [4.69, 9.17) is 4.74 Å². The zero-order valence-electron chi connectivity index (χ0n) is 16.4. The summed E-state index contributed by atoms with van der Waals surface area (Å²) in [5.41, 5.74) is 1.29. The molecule has 158 valence electrons. The Labute approximate surface area is 170 Å². The highest BCUT2D eigenvalue weighted by Crippen LogP contribution is 2.24. The maximum Gasteiger partial charge on any atom is 0.277 e. The van der Waals surface area contributed by atoms with Gasteiger partial charge in [0.05, 0.1) is 13.7 Å². The van der Waals surface area contributed by atoms with Crippen LogP contribution in [0, 0.1) is 24.4 Å². The molecule has 0 bridgehead atoms. The summed E-state index contributed by atoms with van der Waals surface area (Å²) in [5, 5.41) is 12.2. The number of aliphatic hydroxyl groups is 1. The summed E-state index contributed by atoms with van der Waals surface area (Å²) >= 11 is 0. The molecule has 9 heteroatoms. The van der Waals surface area contributed by atoms with E-state index in [2.05, 4.69) is 10.3 Å². The fourth-order valence-corrected chi connectivity index (χ4v) is 2.97. The monoisotopic (exact) mass is 419 g/mol. The highest BCUT2D eigenvalue weighted by atomic mass is 19.2. The summed E-state index contributed by atoms with van der Waals surface area (Å²) in [7, 11) is 1.54. The minimum absolute atomic E-state index is 0.0693. The molecule has 2 aromatic carbocycles. The van der Waals surface area contributed by atoms with Gasteiger partial charge in [0, 0.05) is 30.5 Å². The highest BCUT2D eigenvalue weighted by Gasteiger charge is 2.14. The van der Waals surface area contributed by atoms with E-state index >= 15 is 0 Å². The molecule has 30 heavy (non-hydrogen) atoms. The number of ether oxygens (including phenoxy) is 1. The number of hydrogen-bond donors (Lipinski definition) is 2. The van der Waals surface area contributed by atoms with Gasteiger partial charge in [0.2, 0.25) is 5.95 Å². The number of methoxy groups -OCH3 is 1. The van der Waals surface area contributed by atoms with Crippen LogP contribution in [0.3, 0.4) is 0 Å². The van der Waals surface area contributed by atoms with E-state index in [0.717, 1.165) is 17.7 Å². The molecule has 2 N–H and O–H groups in total. The first kappa shape index (κ1) is 21.4. The lowest BCUT2D eigenvalue weighted by Gasteiger charge is -2.17. The van der Waals surface area contributed by atoms with Crippen molar-refractivity contribution < 1.29 is 23.0 Å². The third-order valence-electron chi connectivity index (χ3n) is 4.52. The van der Waals surface area contributed by atoms with Crippen LogP contribution >= 0.6 is 0 Å². The fraction of sp³-hybridized carbons (Fsp3) is 0.238. The van der Waals surface area contributed by atoms with Gasteiger partial charge >= 0.3 is 0 Å². The van der Waals surface area contributed by atoms with E-state index in [1.807, 2.05) is 6.92 Å². The summed E-state index contributed by atoms with van der Waals surface area (Å²) < 4.78 is 47.2. The Balaban J connectivity index is 2.04. The van der Waals surface area contributed by atoms with Gasteiger partial charge in [-0.3, -0.25) is 4.79 Å². The molecule has 6 nitrogen and oxygen atoms in total. The average molecular weight is 419 g/mol. The molecule has 0 atom stereocenters. The Bertz CT molecular complexity index is 1110. The lowest BCUT2D eigenvalue weighted by atomic mass is 10.2. The van der Waals surface area contributed by atoms with E-state index in [0.29, 0.717) is 11.4 Å². The van der Waals surface area contributed by atoms with Crippen molar-refractivity contribution in [1.29, 1.82) is 0 Å². The largest absolute Gasteiger partial charge is 0.497 e. The Morgan fingerprint density at radius 1 is 1.17 bits per heavy atom. The van der Waals surface area contributed by atoms with Gasteiger partial charge in [0.1, 0.15) is 5.75 Å². The molecule has 0 unspecified atom stereocenters. The molecular formula is C21H20F3N3O3. The van der Waals surface area contributed by atoms with Gasteiger partial charge in [0.25, 0.3) is 5.56 Å². The summed E-state index contributed by atoms with van der Waals surface area (Å²) in [4.78, 5) is 16.3. The quantitative estimate of drug-likeness (QED) is 0.575. The van der Waals surface area contributed by atoms with Crippen LogP contribution in [0.4, 0.5) is 24.8 Å². The van der Waals surface area contributed by atoms with Crippen LogP contribution in [0.1, 0.15) is 16.7 Å². The van der Waals surface area contributed by atoms with Gasteiger partial charge < -0.3 is 19.7 Å². The van der Waals surface area contributed by atoms with Gasteiger partial charge in [-0.25, -0.2) is 13.2 Å². The average Bonchev–Trinajstić information content (AvgIpc) is 2.71. The second-order valence-electron chi connectivity index (χ2n) is 6.68. The van der Waals surface area contributed by atoms with E-state index in [1.54, 1.807) is 25.3 Å². The zero-order valence-corrected chi connectivity index (χ0v) is 16.4. The summed E-state index contributed by atoms with van der Waals surface area (Å²) in [6, 6.07) is 7.01. The van der Waals surface area contributed by atoms with Crippen LogP contribution in [0.25, 0.3) is 0 Å². The van der Waals surface area contributed by atoms with Crippen molar-refractivity contribution in [1.82, 2.24) is 9.55 Å². The van der Waals surface area contributed by atoms with Crippen molar-refractivity contribution in [3.63, 3.8) is 0 Å². The molecule has 3 rings (SSSR count). The molecule has 0 fully saturated rings. The highest BCUT2D eigenvalue weighted by molar-refractivity contribution is 5.60. The molecule has 0 saturated carbocycles. The second-order valence-corrected chi connectivity index (χ2v) is 6.68. The first-order valence-corrected chi connectivity index (χ1v) is 9.08. The Kier molecular flexibility index (Phi) is 6.41. The molecule has 3 aromatic rings. The number of aromatic nitrogens is 2. The number of aliphatic hydroxyl groups excluding tert-OH is 1. The molecule has 0 aliphatic heterocycles. The third kappa shape index (κ3) is 4.62. The molecule has 0 amide bonds. The predicted molar refractivity (Wildman–Crippen MR) is 106 cm³/mol. The third-order valence-corrected chi connectivity index (χ3v) is 4.52.